The van der Waals surface area contributed by atoms with E-state index >= 15 is 4.39 Å². The molecule has 0 unspecified atom stereocenters. The lowest BCUT2D eigenvalue weighted by molar-refractivity contribution is -0.119. The number of hydrogen-bond acceptors (Lipinski definition) is 8. The molecule has 3 aromatic carbocycles. The van der Waals surface area contributed by atoms with Gasteiger partial charge in [0.25, 0.3) is 0 Å². The van der Waals surface area contributed by atoms with Gasteiger partial charge in [0.15, 0.2) is 23.2 Å². The van der Waals surface area contributed by atoms with Crippen molar-refractivity contribution in [1.82, 2.24) is 15.1 Å². The van der Waals surface area contributed by atoms with Crippen LogP contribution in [0, 0.1) is 18.6 Å². The maximum Gasteiger partial charge on any atom is 0.241 e. The van der Waals surface area contributed by atoms with Gasteiger partial charge in [-0.2, -0.15) is 5.10 Å². The van der Waals surface area contributed by atoms with Gasteiger partial charge < -0.3 is 20.5 Å². The molecule has 0 radical (unpaired) electrons. The number of nitrogens with zero attached hydrogens (tertiary/aromatic N) is 2. The molecule has 0 saturated heterocycles. The van der Waals surface area contributed by atoms with Crippen LogP contribution in [0.15, 0.2) is 60.3 Å². The summed E-state index contributed by atoms with van der Waals surface area (Å²) in [7, 11) is -2.70. The first-order valence-electron chi connectivity index (χ1n) is 14.1. The van der Waals surface area contributed by atoms with Crippen LogP contribution in [0.4, 0.5) is 20.3 Å². The molecule has 0 aliphatic heterocycles. The molecule has 0 spiro atoms. The van der Waals surface area contributed by atoms with E-state index in [0.717, 1.165) is 10.7 Å². The standard InChI is InChI=1S/C32H31F2N5O6S/c1-17(2)37-29(40)16-46(42,43)38-26-12-19-10-21(11-20(19)13-28(26)44-4)31(41)23-15-36-39(32(23)35)30-18(3)9-22(14-25(30)34)45-27-8-6-5-7-24(27)33/h5-9,11-15,17,38H,10,16,35H2,1-4H3,(H,37,40). The number of hydrogen-bond donors (Lipinski definition) is 3. The summed E-state index contributed by atoms with van der Waals surface area (Å²) in [5.41, 5.74) is 8.42. The number of ketones is 1. The van der Waals surface area contributed by atoms with Gasteiger partial charge >= 0.3 is 0 Å². The lowest BCUT2D eigenvalue weighted by Crippen LogP contribution is -2.36. The number of halogens is 2. The number of carbonyl (C=O) groups excluding carboxylic acids is 2. The van der Waals surface area contributed by atoms with Crippen LogP contribution in [-0.4, -0.2) is 48.8 Å². The minimum absolute atomic E-state index is 0.00939. The fourth-order valence-electron chi connectivity index (χ4n) is 5.08. The number of aryl methyl sites for hydroxylation is 1. The second-order valence-corrected chi connectivity index (χ2v) is 12.7. The summed E-state index contributed by atoms with van der Waals surface area (Å²) in [4.78, 5) is 25.6. The Labute approximate surface area is 264 Å². The van der Waals surface area contributed by atoms with Gasteiger partial charge in [-0.05, 0) is 73.9 Å². The third-order valence-corrected chi connectivity index (χ3v) is 8.23. The summed E-state index contributed by atoms with van der Waals surface area (Å²) in [6.45, 7) is 5.03. The molecule has 4 aromatic rings. The number of sulfonamides is 1. The van der Waals surface area contributed by atoms with Crippen molar-refractivity contribution in [2.45, 2.75) is 33.2 Å². The van der Waals surface area contributed by atoms with Crippen LogP contribution in [-0.2, 0) is 21.2 Å². The number of fused-ring (bicyclic) bond motifs is 1. The Morgan fingerprint density at radius 2 is 1.83 bits per heavy atom. The topological polar surface area (TPSA) is 155 Å². The van der Waals surface area contributed by atoms with Gasteiger partial charge in [-0.15, -0.1) is 0 Å². The van der Waals surface area contributed by atoms with Crippen LogP contribution in [0.1, 0.15) is 40.9 Å². The number of Topliss-reactive ketones (excluding diaryl/α,β-unsaturated/α-hetero) is 1. The third kappa shape index (κ3) is 6.71. The molecule has 1 aromatic heterocycles. The minimum atomic E-state index is -4.07. The number of nitrogen functional groups attached to an aromatic ring is 1. The van der Waals surface area contributed by atoms with E-state index < -0.39 is 39.1 Å². The van der Waals surface area contributed by atoms with Gasteiger partial charge in [-0.1, -0.05) is 12.1 Å². The minimum Gasteiger partial charge on any atom is -0.495 e. The van der Waals surface area contributed by atoms with Crippen molar-refractivity contribution in [3.63, 3.8) is 0 Å². The largest absolute Gasteiger partial charge is 0.495 e. The number of nitrogens with one attached hydrogen (secondary N) is 2. The number of anilines is 2. The van der Waals surface area contributed by atoms with Gasteiger partial charge in [-0.25, -0.2) is 21.9 Å². The Bertz CT molecular complexity index is 1980. The number of allylic oxidation sites excluding steroid dienone is 1. The molecule has 1 heterocycles. The monoisotopic (exact) mass is 651 g/mol. The van der Waals surface area contributed by atoms with Crippen molar-refractivity contribution in [3.05, 3.63) is 94.2 Å². The molecule has 1 amide bonds. The van der Waals surface area contributed by atoms with Crippen LogP contribution in [0.3, 0.4) is 0 Å². The average molecular weight is 652 g/mol. The van der Waals surface area contributed by atoms with E-state index in [-0.39, 0.29) is 52.5 Å². The average Bonchev–Trinajstić information content (AvgIpc) is 3.55. The van der Waals surface area contributed by atoms with Crippen LogP contribution in [0.5, 0.6) is 17.2 Å². The second kappa shape index (κ2) is 12.6. The van der Waals surface area contributed by atoms with Gasteiger partial charge in [0.2, 0.25) is 15.9 Å². The SMILES string of the molecule is COc1cc2c(cc1NS(=O)(=O)CC(=O)NC(C)C)CC(C(=O)c1cnn(-c3c(C)cc(Oc4ccccc4F)cc3F)c1N)=C2. The van der Waals surface area contributed by atoms with E-state index in [1.54, 1.807) is 45.0 Å². The highest BCUT2D eigenvalue weighted by atomic mass is 32.2. The van der Waals surface area contributed by atoms with Crippen LogP contribution in [0.25, 0.3) is 11.8 Å². The lowest BCUT2D eigenvalue weighted by Gasteiger charge is -2.14. The van der Waals surface area contributed by atoms with E-state index in [1.165, 1.54) is 37.6 Å². The number of nitrogens with two attached hydrogens (primary N) is 1. The van der Waals surface area contributed by atoms with Crippen LogP contribution >= 0.6 is 0 Å². The first kappa shape index (κ1) is 32.2. The molecule has 0 atom stereocenters. The number of para-hydroxylation sites is 1. The van der Waals surface area contributed by atoms with Crippen molar-refractivity contribution < 1.29 is 36.3 Å². The number of ether oxygens (including phenoxy) is 2. The van der Waals surface area contributed by atoms with Crippen molar-refractivity contribution in [2.75, 3.05) is 23.3 Å². The van der Waals surface area contributed by atoms with Crippen molar-refractivity contribution in [1.29, 1.82) is 0 Å². The summed E-state index contributed by atoms with van der Waals surface area (Å²) in [6, 6.07) is 11.2. The van der Waals surface area contributed by atoms with E-state index in [2.05, 4.69) is 15.1 Å². The molecule has 0 fully saturated rings. The molecule has 1 aliphatic carbocycles. The second-order valence-electron chi connectivity index (χ2n) is 11.0. The molecular weight excluding hydrogens is 620 g/mol. The molecule has 4 N–H and O–H groups in total. The zero-order valence-corrected chi connectivity index (χ0v) is 26.2. The lowest BCUT2D eigenvalue weighted by atomic mass is 10.0. The van der Waals surface area contributed by atoms with Gasteiger partial charge in [0.05, 0.1) is 24.6 Å². The fraction of sp³-hybridized carbons (Fsp3) is 0.219. The molecule has 14 heteroatoms. The molecular formula is C32H31F2N5O6S. The number of benzene rings is 3. The third-order valence-electron chi connectivity index (χ3n) is 7.05. The number of methoxy groups -OCH3 is 1. The number of aromatic nitrogens is 2. The zero-order valence-electron chi connectivity index (χ0n) is 25.4. The molecule has 1 aliphatic rings. The number of carbonyl (C=O) groups is 2. The van der Waals surface area contributed by atoms with E-state index in [4.69, 9.17) is 15.2 Å². The Morgan fingerprint density at radius 1 is 1.09 bits per heavy atom. The van der Waals surface area contributed by atoms with E-state index in [0.29, 0.717) is 22.3 Å². The summed E-state index contributed by atoms with van der Waals surface area (Å²) in [6.07, 6.45) is 3.01. The normalized spacial score (nSPS) is 12.5. The smallest absolute Gasteiger partial charge is 0.241 e. The Morgan fingerprint density at radius 3 is 2.50 bits per heavy atom. The quantitative estimate of drug-likeness (QED) is 0.193. The maximum atomic E-state index is 15.4. The molecule has 11 nitrogen and oxygen atoms in total. The molecule has 5 rings (SSSR count). The number of rotatable bonds is 11. The van der Waals surface area contributed by atoms with Crippen LogP contribution < -0.4 is 25.2 Å². The van der Waals surface area contributed by atoms with Crippen molar-refractivity contribution in [3.8, 4) is 22.9 Å². The van der Waals surface area contributed by atoms with E-state index in [9.17, 15) is 22.4 Å². The first-order valence-corrected chi connectivity index (χ1v) is 15.7. The van der Waals surface area contributed by atoms with Gasteiger partial charge in [0, 0.05) is 24.1 Å². The predicted octanol–water partition coefficient (Wildman–Crippen LogP) is 4.93. The highest BCUT2D eigenvalue weighted by Crippen LogP contribution is 2.37. The first-order chi connectivity index (χ1) is 21.8. The summed E-state index contributed by atoms with van der Waals surface area (Å²) < 4.78 is 69.1. The van der Waals surface area contributed by atoms with Crippen molar-refractivity contribution in [2.24, 2.45) is 0 Å². The Kier molecular flexibility index (Phi) is 8.83. The summed E-state index contributed by atoms with van der Waals surface area (Å²) >= 11 is 0. The predicted molar refractivity (Wildman–Crippen MR) is 169 cm³/mol. The maximum absolute atomic E-state index is 15.4. The van der Waals surface area contributed by atoms with Crippen molar-refractivity contribution >= 4 is 39.3 Å². The highest BCUT2D eigenvalue weighted by Gasteiger charge is 2.27. The molecule has 0 bridgehead atoms. The summed E-state index contributed by atoms with van der Waals surface area (Å²) in [5.74, 6) is -3.15. The van der Waals surface area contributed by atoms with Gasteiger partial charge in [0.1, 0.15) is 28.8 Å². The number of amides is 1. The van der Waals surface area contributed by atoms with Gasteiger partial charge in [-0.3, -0.25) is 14.3 Å². The molecule has 46 heavy (non-hydrogen) atoms. The van der Waals surface area contributed by atoms with E-state index in [1.807, 2.05) is 0 Å². The summed E-state index contributed by atoms with van der Waals surface area (Å²) in [5, 5.41) is 6.71. The highest BCUT2D eigenvalue weighted by molar-refractivity contribution is 7.93. The zero-order chi connectivity index (χ0) is 33.3. The Balaban J connectivity index is 1.36. The molecule has 240 valence electrons. The fourth-order valence-corrected chi connectivity index (χ4v) is 6.07. The van der Waals surface area contributed by atoms with Crippen LogP contribution in [0.2, 0.25) is 0 Å². The molecule has 0 saturated carbocycles. The Hall–Kier alpha value is -5.24.